The number of hydrogen-bond donors (Lipinski definition) is 0. The van der Waals surface area contributed by atoms with Crippen molar-refractivity contribution in [3.05, 3.63) is 83.8 Å². The number of fused-ring (bicyclic) bond motifs is 3. The van der Waals surface area contributed by atoms with Gasteiger partial charge in [0.2, 0.25) is 5.91 Å². The van der Waals surface area contributed by atoms with Crippen molar-refractivity contribution >= 4 is 28.2 Å². The molecule has 2 aromatic heterocycles. The summed E-state index contributed by atoms with van der Waals surface area (Å²) in [6, 6.07) is 14.4. The Hall–Kier alpha value is -3.74. The molecule has 0 radical (unpaired) electrons. The fourth-order valence-corrected chi connectivity index (χ4v) is 3.89. The van der Waals surface area contributed by atoms with Crippen LogP contribution in [0.5, 0.6) is 0 Å². The highest BCUT2D eigenvalue weighted by Gasteiger charge is 2.34. The number of nitrogens with zero attached hydrogens (tertiary/aromatic N) is 3. The minimum Gasteiger partial charge on any atom is -0.280 e. The van der Waals surface area contributed by atoms with Gasteiger partial charge in [-0.25, -0.2) is 0 Å². The van der Waals surface area contributed by atoms with E-state index >= 15 is 0 Å². The van der Waals surface area contributed by atoms with Crippen LogP contribution in [0.1, 0.15) is 16.8 Å². The molecule has 1 amide bonds. The van der Waals surface area contributed by atoms with E-state index in [1.165, 1.54) is 17.0 Å². The third-order valence-corrected chi connectivity index (χ3v) is 5.41. The van der Waals surface area contributed by atoms with E-state index in [-0.39, 0.29) is 18.0 Å². The predicted octanol–water partition coefficient (Wildman–Crippen LogP) is 5.84. The molecule has 1 aliphatic rings. The fourth-order valence-electron chi connectivity index (χ4n) is 3.89. The quantitative estimate of drug-likeness (QED) is 0.410. The van der Waals surface area contributed by atoms with Crippen LogP contribution < -0.4 is 4.90 Å². The molecule has 3 heterocycles. The number of hydrogen-bond acceptors (Lipinski definition) is 3. The van der Waals surface area contributed by atoms with Gasteiger partial charge in [0.05, 0.1) is 23.2 Å². The monoisotopic (exact) mass is 419 g/mol. The Morgan fingerprint density at radius 1 is 0.935 bits per heavy atom. The lowest BCUT2D eigenvalue weighted by atomic mass is 10.0. The zero-order chi connectivity index (χ0) is 21.8. The van der Waals surface area contributed by atoms with Crippen LogP contribution in [0.25, 0.3) is 22.0 Å². The van der Waals surface area contributed by atoms with E-state index in [1.807, 2.05) is 37.3 Å². The van der Waals surface area contributed by atoms with Gasteiger partial charge in [0.1, 0.15) is 0 Å². The molecule has 1 aliphatic heterocycles. The van der Waals surface area contributed by atoms with Gasteiger partial charge in [-0.2, -0.15) is 13.2 Å². The first-order chi connectivity index (χ1) is 14.8. The maximum Gasteiger partial charge on any atom is 0.416 e. The van der Waals surface area contributed by atoms with Crippen LogP contribution in [-0.2, 0) is 17.4 Å². The molecule has 0 bridgehead atoms. The van der Waals surface area contributed by atoms with Crippen molar-refractivity contribution in [2.24, 2.45) is 0 Å². The minimum absolute atomic E-state index is 0.0881. The minimum atomic E-state index is -4.49. The number of carbonyl (C=O) groups excluding carboxylic acids is 1. The van der Waals surface area contributed by atoms with E-state index in [0.717, 1.165) is 29.0 Å². The van der Waals surface area contributed by atoms with Gasteiger partial charge in [-0.05, 0) is 48.9 Å². The summed E-state index contributed by atoms with van der Waals surface area (Å²) in [4.78, 5) is 23.0. The zero-order valence-electron chi connectivity index (χ0n) is 16.4. The van der Waals surface area contributed by atoms with Crippen molar-refractivity contribution in [2.75, 3.05) is 4.90 Å². The number of aryl methyl sites for hydroxylation is 1. The molecule has 31 heavy (non-hydrogen) atoms. The molecule has 0 aliphatic carbocycles. The number of carbonyl (C=O) groups is 1. The van der Waals surface area contributed by atoms with Crippen LogP contribution >= 0.6 is 0 Å². The average molecular weight is 419 g/mol. The molecule has 154 valence electrons. The number of pyridine rings is 2. The van der Waals surface area contributed by atoms with Crippen LogP contribution in [0.2, 0.25) is 0 Å². The molecule has 0 atom stereocenters. The largest absolute Gasteiger partial charge is 0.416 e. The lowest BCUT2D eigenvalue weighted by molar-refractivity contribution is -0.137. The second kappa shape index (κ2) is 6.91. The second-order valence-corrected chi connectivity index (χ2v) is 7.51. The highest BCUT2D eigenvalue weighted by atomic mass is 19.4. The Bertz CT molecular complexity index is 1330. The molecular weight excluding hydrogens is 403 g/mol. The SMILES string of the molecule is Cc1ccc(-c2ccc3ncc4c(c3c2)N(c2cccc(C(F)(F)F)c2)C(=O)C4)cn1. The number of aromatic nitrogens is 2. The molecule has 2 aromatic carbocycles. The predicted molar refractivity (Wildman–Crippen MR) is 112 cm³/mol. The van der Waals surface area contributed by atoms with Crippen molar-refractivity contribution < 1.29 is 18.0 Å². The van der Waals surface area contributed by atoms with E-state index < -0.39 is 11.7 Å². The Morgan fingerprint density at radius 2 is 1.74 bits per heavy atom. The standard InChI is InChI=1S/C24H16F3N3O/c1-14-5-6-16(12-28-14)15-7-8-21-20(9-15)23-17(13-29-21)10-22(31)30(23)19-4-2-3-18(11-19)24(25,26)27/h2-9,11-13H,10H2,1H3. The summed E-state index contributed by atoms with van der Waals surface area (Å²) in [5.74, 6) is -0.286. The average Bonchev–Trinajstić information content (AvgIpc) is 3.10. The number of anilines is 2. The summed E-state index contributed by atoms with van der Waals surface area (Å²) in [7, 11) is 0. The summed E-state index contributed by atoms with van der Waals surface area (Å²) >= 11 is 0. The molecule has 0 saturated heterocycles. The van der Waals surface area contributed by atoms with E-state index in [9.17, 15) is 18.0 Å². The maximum absolute atomic E-state index is 13.3. The van der Waals surface area contributed by atoms with E-state index in [4.69, 9.17) is 0 Å². The van der Waals surface area contributed by atoms with Crippen LogP contribution in [0.4, 0.5) is 24.5 Å². The highest BCUT2D eigenvalue weighted by molar-refractivity contribution is 6.14. The summed E-state index contributed by atoms with van der Waals surface area (Å²) in [5, 5.41) is 0.707. The van der Waals surface area contributed by atoms with E-state index in [2.05, 4.69) is 9.97 Å². The molecule has 0 fully saturated rings. The summed E-state index contributed by atoms with van der Waals surface area (Å²) in [6.45, 7) is 1.90. The van der Waals surface area contributed by atoms with Crippen LogP contribution in [0.15, 0.2) is 67.0 Å². The van der Waals surface area contributed by atoms with Gasteiger partial charge >= 0.3 is 6.18 Å². The first kappa shape index (κ1) is 19.2. The van der Waals surface area contributed by atoms with Crippen LogP contribution in [0.3, 0.4) is 0 Å². The Labute approximate surface area is 176 Å². The van der Waals surface area contributed by atoms with Crippen molar-refractivity contribution in [2.45, 2.75) is 19.5 Å². The first-order valence-corrected chi connectivity index (χ1v) is 9.66. The lowest BCUT2D eigenvalue weighted by Gasteiger charge is -2.21. The molecule has 0 unspecified atom stereocenters. The normalized spacial score (nSPS) is 13.7. The van der Waals surface area contributed by atoms with Crippen molar-refractivity contribution in [1.29, 1.82) is 0 Å². The van der Waals surface area contributed by atoms with Gasteiger partial charge in [0, 0.05) is 40.3 Å². The second-order valence-electron chi connectivity index (χ2n) is 7.51. The number of alkyl halides is 3. The smallest absolute Gasteiger partial charge is 0.280 e. The van der Waals surface area contributed by atoms with E-state index in [1.54, 1.807) is 12.4 Å². The summed E-state index contributed by atoms with van der Waals surface area (Å²) in [6.07, 6.45) is -1.02. The summed E-state index contributed by atoms with van der Waals surface area (Å²) in [5.41, 5.74) is 4.01. The topological polar surface area (TPSA) is 46.1 Å². The number of benzene rings is 2. The van der Waals surface area contributed by atoms with Crippen molar-refractivity contribution in [1.82, 2.24) is 9.97 Å². The molecular formula is C24H16F3N3O. The van der Waals surface area contributed by atoms with Crippen LogP contribution in [-0.4, -0.2) is 15.9 Å². The Balaban J connectivity index is 1.70. The number of rotatable bonds is 2. The molecule has 5 rings (SSSR count). The Morgan fingerprint density at radius 3 is 2.48 bits per heavy atom. The molecule has 0 N–H and O–H groups in total. The molecule has 7 heteroatoms. The van der Waals surface area contributed by atoms with E-state index in [0.29, 0.717) is 22.2 Å². The van der Waals surface area contributed by atoms with Gasteiger partial charge in [-0.3, -0.25) is 19.7 Å². The maximum atomic E-state index is 13.3. The fraction of sp³-hybridized carbons (Fsp3) is 0.125. The highest BCUT2D eigenvalue weighted by Crippen LogP contribution is 2.42. The zero-order valence-corrected chi connectivity index (χ0v) is 16.4. The number of halogens is 3. The first-order valence-electron chi connectivity index (χ1n) is 9.66. The van der Waals surface area contributed by atoms with Gasteiger partial charge in [-0.15, -0.1) is 0 Å². The third kappa shape index (κ3) is 3.32. The van der Waals surface area contributed by atoms with Crippen LogP contribution in [0, 0.1) is 6.92 Å². The summed E-state index contributed by atoms with van der Waals surface area (Å²) < 4.78 is 39.8. The van der Waals surface area contributed by atoms with Gasteiger partial charge < -0.3 is 0 Å². The van der Waals surface area contributed by atoms with Gasteiger partial charge in [0.25, 0.3) is 0 Å². The van der Waals surface area contributed by atoms with Gasteiger partial charge in [-0.1, -0.05) is 18.2 Å². The third-order valence-electron chi connectivity index (χ3n) is 5.41. The van der Waals surface area contributed by atoms with Crippen molar-refractivity contribution in [3.63, 3.8) is 0 Å². The molecule has 0 saturated carbocycles. The molecule has 4 aromatic rings. The molecule has 4 nitrogen and oxygen atoms in total. The van der Waals surface area contributed by atoms with Gasteiger partial charge in [0.15, 0.2) is 0 Å². The Kier molecular flexibility index (Phi) is 4.28. The molecule has 0 spiro atoms. The van der Waals surface area contributed by atoms with Crippen molar-refractivity contribution in [3.8, 4) is 11.1 Å². The lowest BCUT2D eigenvalue weighted by Crippen LogP contribution is -2.21. The number of amides is 1.